The summed E-state index contributed by atoms with van der Waals surface area (Å²) in [6.45, 7) is -2.62. The maximum absolute atomic E-state index is 10.8. The van der Waals surface area contributed by atoms with Crippen molar-refractivity contribution in [2.24, 2.45) is 17.2 Å². The van der Waals surface area contributed by atoms with Crippen LogP contribution in [0.4, 0.5) is 0 Å². The quantitative estimate of drug-likeness (QED) is 0.105. The van der Waals surface area contributed by atoms with Crippen LogP contribution in [-0.2, 0) is 23.7 Å². The Morgan fingerprint density at radius 1 is 0.778 bits per heavy atom. The zero-order chi connectivity index (χ0) is 26.2. The molecule has 0 aromatic carbocycles. The van der Waals surface area contributed by atoms with Crippen LogP contribution in [0.1, 0.15) is 0 Å². The second kappa shape index (κ2) is 13.1. The first-order valence-electron chi connectivity index (χ1n) is 10.8. The Kier molecular flexibility index (Phi) is 11.9. The van der Waals surface area contributed by atoms with E-state index in [1.54, 1.807) is 0 Å². The Labute approximate surface area is 227 Å². The van der Waals surface area contributed by atoms with E-state index in [1.165, 1.54) is 0 Å². The molecule has 0 saturated carbocycles. The van der Waals surface area contributed by atoms with Crippen LogP contribution < -0.4 is 46.8 Å². The smallest absolute Gasteiger partial charge is 0.555 e. The van der Waals surface area contributed by atoms with Crippen LogP contribution in [0.2, 0.25) is 0 Å². The van der Waals surface area contributed by atoms with Gasteiger partial charge in [-0.3, -0.25) is 0 Å². The first-order chi connectivity index (χ1) is 16.4. The summed E-state index contributed by atoms with van der Waals surface area (Å²) >= 11 is 0. The molecule has 0 radical (unpaired) electrons. The Bertz CT molecular complexity index is 699. The molecule has 2 unspecified atom stereocenters. The van der Waals surface area contributed by atoms with Crippen molar-refractivity contribution in [3.63, 3.8) is 0 Å². The van der Waals surface area contributed by atoms with Crippen molar-refractivity contribution in [1.82, 2.24) is 0 Å². The van der Waals surface area contributed by atoms with Crippen LogP contribution in [0.5, 0.6) is 0 Å². The fourth-order valence-electron chi connectivity index (χ4n) is 4.09. The van der Waals surface area contributed by atoms with E-state index in [1.807, 2.05) is 0 Å². The summed E-state index contributed by atoms with van der Waals surface area (Å²) in [5, 5.41) is 89.7. The van der Waals surface area contributed by atoms with E-state index >= 15 is 0 Å². The maximum atomic E-state index is 10.8. The van der Waals surface area contributed by atoms with Crippen molar-refractivity contribution >= 4 is 0 Å². The van der Waals surface area contributed by atoms with Crippen LogP contribution in [0, 0.1) is 6.10 Å². The molecule has 15 N–H and O–H groups in total. The van der Waals surface area contributed by atoms with Crippen LogP contribution in [0.3, 0.4) is 0 Å². The molecule has 206 valence electrons. The SMILES string of the molecule is N[C@H]1[C@@H](OC2[C@@H](CO)O[C@@H](OC3[C@@H](CO)O[C@@H](O)[C@H](N)[C@H]3O)[C@H](N)[C@H]2O)O[C@](O)(CO)[C-](O)[C@@H]1O.[Na+]. The average Bonchev–Trinajstić information content (AvgIpc) is 2.85. The minimum Gasteiger partial charge on any atom is -0.555 e. The summed E-state index contributed by atoms with van der Waals surface area (Å²) in [5.41, 5.74) is 17.5. The molecular formula is C18H34N3NaO14. The molecule has 3 rings (SSSR count). The van der Waals surface area contributed by atoms with Gasteiger partial charge < -0.3 is 86.8 Å². The number of hydrogen-bond acceptors (Lipinski definition) is 17. The fraction of sp³-hybridized carbons (Fsp3) is 0.944. The van der Waals surface area contributed by atoms with Crippen molar-refractivity contribution in [2.45, 2.75) is 85.5 Å². The third kappa shape index (κ3) is 6.21. The summed E-state index contributed by atoms with van der Waals surface area (Å²) in [6, 6.07) is -4.20. The van der Waals surface area contributed by atoms with Crippen molar-refractivity contribution in [3.05, 3.63) is 6.10 Å². The van der Waals surface area contributed by atoms with E-state index in [0.29, 0.717) is 0 Å². The molecule has 3 fully saturated rings. The number of nitrogens with two attached hydrogens (primary N) is 3. The topological polar surface area (TPSA) is 306 Å². The third-order valence-electron chi connectivity index (χ3n) is 6.29. The molecule has 0 bridgehead atoms. The van der Waals surface area contributed by atoms with E-state index < -0.39 is 111 Å². The zero-order valence-corrected chi connectivity index (χ0v) is 21.4. The molecule has 0 aromatic heterocycles. The molecule has 17 nitrogen and oxygen atoms in total. The summed E-state index contributed by atoms with van der Waals surface area (Å²) in [4.78, 5) is 0. The molecule has 0 aliphatic carbocycles. The molecule has 18 heteroatoms. The maximum Gasteiger partial charge on any atom is 1.00 e. The van der Waals surface area contributed by atoms with Gasteiger partial charge >= 0.3 is 29.6 Å². The number of hydrogen-bond donors (Lipinski definition) is 12. The fourth-order valence-corrected chi connectivity index (χ4v) is 4.09. The van der Waals surface area contributed by atoms with Gasteiger partial charge in [0.2, 0.25) is 0 Å². The van der Waals surface area contributed by atoms with Crippen LogP contribution in [-0.4, -0.2) is 151 Å². The van der Waals surface area contributed by atoms with Crippen LogP contribution in [0.25, 0.3) is 0 Å². The summed E-state index contributed by atoms with van der Waals surface area (Å²) in [6.07, 6.45) is -16.3. The molecule has 3 heterocycles. The zero-order valence-electron chi connectivity index (χ0n) is 19.4. The molecule has 3 saturated heterocycles. The van der Waals surface area contributed by atoms with Crippen molar-refractivity contribution in [1.29, 1.82) is 0 Å². The normalized spacial score (nSPS) is 50.5. The number of aliphatic hydroxyl groups is 9. The van der Waals surface area contributed by atoms with Gasteiger partial charge in [0.05, 0.1) is 43.7 Å². The predicted octanol–water partition coefficient (Wildman–Crippen LogP) is -10.8. The Balaban J connectivity index is 0.00000456. The monoisotopic (exact) mass is 539 g/mol. The molecule has 0 aromatic rings. The van der Waals surface area contributed by atoms with Gasteiger partial charge in [-0.15, -0.1) is 6.10 Å². The average molecular weight is 539 g/mol. The minimum atomic E-state index is -2.72. The second-order valence-corrected chi connectivity index (χ2v) is 8.65. The van der Waals surface area contributed by atoms with Gasteiger partial charge in [-0.1, -0.05) is 0 Å². The number of aliphatic hydroxyl groups excluding tert-OH is 8. The van der Waals surface area contributed by atoms with Gasteiger partial charge in [0.25, 0.3) is 0 Å². The minimum absolute atomic E-state index is 0. The van der Waals surface area contributed by atoms with Crippen LogP contribution >= 0.6 is 0 Å². The van der Waals surface area contributed by atoms with Gasteiger partial charge in [-0.05, 0) is 6.10 Å². The molecule has 14 atom stereocenters. The van der Waals surface area contributed by atoms with E-state index in [2.05, 4.69) is 0 Å². The Morgan fingerprint density at radius 3 is 1.81 bits per heavy atom. The van der Waals surface area contributed by atoms with Gasteiger partial charge in [-0.25, -0.2) is 0 Å². The number of ether oxygens (including phenoxy) is 5. The van der Waals surface area contributed by atoms with Crippen LogP contribution in [0.15, 0.2) is 0 Å². The first kappa shape index (κ1) is 32.5. The molecule has 3 aliphatic rings. The first-order valence-corrected chi connectivity index (χ1v) is 10.8. The largest absolute Gasteiger partial charge is 1.00 e. The van der Waals surface area contributed by atoms with Crippen molar-refractivity contribution in [2.75, 3.05) is 19.8 Å². The van der Waals surface area contributed by atoms with Gasteiger partial charge in [0.1, 0.15) is 36.6 Å². The third-order valence-corrected chi connectivity index (χ3v) is 6.29. The van der Waals surface area contributed by atoms with E-state index in [-0.39, 0.29) is 29.6 Å². The standard InChI is InChI=1S/C18H34N3O14.Na/c19-6-9(25)12(4(1-22)31-15(6)29)33-16-7(20)10(26)13(5(2-23)32-16)34-17-8(21)11(27)14(28)18(30,3-24)35-17;/h4-13,15-17,22-30H,1-3,19-21H2;/q-1;+1/t4-,5-,6-,7-,8-,9-,10-,11-,12?,13?,15-,16+,17+,18-;/m1./s1. The van der Waals surface area contributed by atoms with E-state index in [4.69, 9.17) is 40.9 Å². The Morgan fingerprint density at radius 2 is 1.28 bits per heavy atom. The molecular weight excluding hydrogens is 505 g/mol. The number of rotatable bonds is 7. The summed E-state index contributed by atoms with van der Waals surface area (Å²) in [7, 11) is 0. The van der Waals surface area contributed by atoms with Crippen molar-refractivity contribution < 1.29 is 99.2 Å². The summed E-state index contributed by atoms with van der Waals surface area (Å²) in [5.74, 6) is -2.72. The van der Waals surface area contributed by atoms with E-state index in [0.717, 1.165) is 0 Å². The Hall–Kier alpha value is 0.320. The van der Waals surface area contributed by atoms with Gasteiger partial charge in [0.15, 0.2) is 18.9 Å². The molecule has 3 aliphatic heterocycles. The molecule has 0 amide bonds. The van der Waals surface area contributed by atoms with Crippen molar-refractivity contribution in [3.8, 4) is 0 Å². The van der Waals surface area contributed by atoms with E-state index in [9.17, 15) is 46.0 Å². The predicted molar refractivity (Wildman–Crippen MR) is 107 cm³/mol. The molecule has 0 spiro atoms. The molecule has 36 heavy (non-hydrogen) atoms. The second-order valence-electron chi connectivity index (χ2n) is 8.65. The van der Waals surface area contributed by atoms with Gasteiger partial charge in [0, 0.05) is 0 Å². The van der Waals surface area contributed by atoms with Gasteiger partial charge in [-0.2, -0.15) is 0 Å². The summed E-state index contributed by atoms with van der Waals surface area (Å²) < 4.78 is 26.9.